The van der Waals surface area contributed by atoms with Crippen molar-refractivity contribution in [1.29, 1.82) is 0 Å². The molecule has 0 saturated carbocycles. The summed E-state index contributed by atoms with van der Waals surface area (Å²) in [5.74, 6) is 1.60. The minimum atomic E-state index is 0.588. The van der Waals surface area contributed by atoms with Crippen molar-refractivity contribution in [3.8, 4) is 5.75 Å². The predicted octanol–water partition coefficient (Wildman–Crippen LogP) is 3.15. The molecular weight excluding hydrogens is 266 g/mol. The van der Waals surface area contributed by atoms with Crippen molar-refractivity contribution >= 4 is 15.9 Å². The molecule has 1 atom stereocenters. The second-order valence-corrected chi connectivity index (χ2v) is 5.24. The maximum atomic E-state index is 5.55. The predicted molar refractivity (Wildman–Crippen MR) is 70.4 cm³/mol. The number of ether oxygens (including phenoxy) is 1. The van der Waals surface area contributed by atoms with Crippen LogP contribution in [0.4, 0.5) is 0 Å². The van der Waals surface area contributed by atoms with Crippen LogP contribution in [0.5, 0.6) is 5.75 Å². The highest BCUT2D eigenvalue weighted by Crippen LogP contribution is 2.39. The van der Waals surface area contributed by atoms with Crippen molar-refractivity contribution in [3.05, 3.63) is 27.2 Å². The van der Waals surface area contributed by atoms with E-state index in [1.54, 1.807) is 7.11 Å². The zero-order valence-electron chi connectivity index (χ0n) is 10.1. The topological polar surface area (TPSA) is 21.3 Å². The van der Waals surface area contributed by atoms with E-state index in [0.717, 1.165) is 23.3 Å². The lowest BCUT2D eigenvalue weighted by atomic mass is 9.94. The molecule has 0 bridgehead atoms. The van der Waals surface area contributed by atoms with Gasteiger partial charge in [-0.3, -0.25) is 0 Å². The van der Waals surface area contributed by atoms with E-state index in [2.05, 4.69) is 41.2 Å². The van der Waals surface area contributed by atoms with Crippen molar-refractivity contribution in [2.45, 2.75) is 26.2 Å². The van der Waals surface area contributed by atoms with Crippen molar-refractivity contribution < 1.29 is 4.74 Å². The lowest BCUT2D eigenvalue weighted by molar-refractivity contribution is 0.403. The molecule has 88 valence electrons. The van der Waals surface area contributed by atoms with Crippen LogP contribution < -0.4 is 10.1 Å². The molecule has 1 aliphatic heterocycles. The van der Waals surface area contributed by atoms with E-state index in [9.17, 15) is 0 Å². The second-order valence-electron chi connectivity index (χ2n) is 4.44. The molecule has 0 radical (unpaired) electrons. The Bertz CT molecular complexity index is 397. The van der Waals surface area contributed by atoms with E-state index in [1.165, 1.54) is 23.1 Å². The minimum absolute atomic E-state index is 0.588. The molecule has 1 saturated heterocycles. The number of hydrogen-bond donors (Lipinski definition) is 1. The molecule has 0 aliphatic carbocycles. The fraction of sp³-hybridized carbons (Fsp3) is 0.538. The average Bonchev–Trinajstić information content (AvgIpc) is 2.79. The van der Waals surface area contributed by atoms with Gasteiger partial charge in [-0.2, -0.15) is 0 Å². The van der Waals surface area contributed by atoms with Crippen molar-refractivity contribution in [2.75, 3.05) is 20.2 Å². The molecule has 2 rings (SSSR count). The molecule has 1 aromatic rings. The van der Waals surface area contributed by atoms with Gasteiger partial charge in [0, 0.05) is 12.5 Å². The van der Waals surface area contributed by atoms with Crippen molar-refractivity contribution in [3.63, 3.8) is 0 Å². The van der Waals surface area contributed by atoms with Gasteiger partial charge < -0.3 is 10.1 Å². The van der Waals surface area contributed by atoms with Gasteiger partial charge in [-0.1, -0.05) is 6.07 Å². The molecule has 1 N–H and O–H groups in total. The molecule has 0 amide bonds. The van der Waals surface area contributed by atoms with Crippen LogP contribution in [-0.2, 0) is 0 Å². The number of benzene rings is 1. The zero-order valence-corrected chi connectivity index (χ0v) is 11.6. The van der Waals surface area contributed by atoms with Gasteiger partial charge in [0.2, 0.25) is 0 Å². The standard InChI is InChI=1S/C13H18BrNO/c1-8-6-11(10-4-5-15-7-10)13(16-3)12(14)9(8)2/h6,10,15H,4-5,7H2,1-3H3. The molecular formula is C13H18BrNO. The Morgan fingerprint density at radius 1 is 1.44 bits per heavy atom. The lowest BCUT2D eigenvalue weighted by Gasteiger charge is -2.18. The molecule has 0 spiro atoms. The van der Waals surface area contributed by atoms with Crippen LogP contribution in [0.2, 0.25) is 0 Å². The number of methoxy groups -OCH3 is 1. The molecule has 16 heavy (non-hydrogen) atoms. The van der Waals surface area contributed by atoms with E-state index >= 15 is 0 Å². The maximum Gasteiger partial charge on any atom is 0.136 e. The number of aryl methyl sites for hydroxylation is 1. The molecule has 2 nitrogen and oxygen atoms in total. The van der Waals surface area contributed by atoms with Crippen LogP contribution in [0.1, 0.15) is 29.0 Å². The fourth-order valence-electron chi connectivity index (χ4n) is 2.31. The fourth-order valence-corrected chi connectivity index (χ4v) is 3.01. The van der Waals surface area contributed by atoms with Gasteiger partial charge in [-0.05, 0) is 59.4 Å². The normalized spacial score (nSPS) is 20.1. The molecule has 3 heteroatoms. The second kappa shape index (κ2) is 4.76. The summed E-state index contributed by atoms with van der Waals surface area (Å²) in [5, 5.41) is 3.40. The number of rotatable bonds is 2. The number of nitrogens with one attached hydrogen (secondary N) is 1. The summed E-state index contributed by atoms with van der Waals surface area (Å²) >= 11 is 3.64. The van der Waals surface area contributed by atoms with Gasteiger partial charge in [0.15, 0.2) is 0 Å². The van der Waals surface area contributed by atoms with E-state index in [1.807, 2.05) is 0 Å². The zero-order chi connectivity index (χ0) is 11.7. The SMILES string of the molecule is COc1c(C2CCNC2)cc(C)c(C)c1Br. The summed E-state index contributed by atoms with van der Waals surface area (Å²) in [4.78, 5) is 0. The monoisotopic (exact) mass is 283 g/mol. The molecule has 1 aromatic carbocycles. The van der Waals surface area contributed by atoms with E-state index in [-0.39, 0.29) is 0 Å². The lowest BCUT2D eigenvalue weighted by Crippen LogP contribution is -2.09. The van der Waals surface area contributed by atoms with Crippen LogP contribution in [-0.4, -0.2) is 20.2 Å². The number of halogens is 1. The first kappa shape index (κ1) is 11.9. The van der Waals surface area contributed by atoms with E-state index < -0.39 is 0 Å². The summed E-state index contributed by atoms with van der Waals surface area (Å²) in [6, 6.07) is 2.27. The van der Waals surface area contributed by atoms with Crippen LogP contribution in [0.25, 0.3) is 0 Å². The quantitative estimate of drug-likeness (QED) is 0.900. The third-order valence-electron chi connectivity index (χ3n) is 3.46. The Balaban J connectivity index is 2.50. The van der Waals surface area contributed by atoms with Gasteiger partial charge in [0.05, 0.1) is 11.6 Å². The Hall–Kier alpha value is -0.540. The van der Waals surface area contributed by atoms with Crippen LogP contribution in [0.3, 0.4) is 0 Å². The van der Waals surface area contributed by atoms with Gasteiger partial charge >= 0.3 is 0 Å². The molecule has 1 fully saturated rings. The first-order chi connectivity index (χ1) is 7.65. The molecule has 1 heterocycles. The third kappa shape index (κ3) is 1.98. The highest BCUT2D eigenvalue weighted by atomic mass is 79.9. The molecule has 0 aromatic heterocycles. The molecule has 1 aliphatic rings. The average molecular weight is 284 g/mol. The molecule has 1 unspecified atom stereocenters. The van der Waals surface area contributed by atoms with Gasteiger partial charge in [0.1, 0.15) is 5.75 Å². The first-order valence-electron chi connectivity index (χ1n) is 5.69. The van der Waals surface area contributed by atoms with Gasteiger partial charge in [-0.25, -0.2) is 0 Å². The Morgan fingerprint density at radius 3 is 2.75 bits per heavy atom. The maximum absolute atomic E-state index is 5.55. The van der Waals surface area contributed by atoms with Gasteiger partial charge in [-0.15, -0.1) is 0 Å². The van der Waals surface area contributed by atoms with Crippen molar-refractivity contribution in [1.82, 2.24) is 5.32 Å². The summed E-state index contributed by atoms with van der Waals surface area (Å²) in [5.41, 5.74) is 3.93. The summed E-state index contributed by atoms with van der Waals surface area (Å²) < 4.78 is 6.66. The van der Waals surface area contributed by atoms with E-state index in [0.29, 0.717) is 5.92 Å². The number of hydrogen-bond acceptors (Lipinski definition) is 2. The summed E-state index contributed by atoms with van der Waals surface area (Å²) in [6.45, 7) is 6.45. The highest BCUT2D eigenvalue weighted by Gasteiger charge is 2.23. The Kier molecular flexibility index (Phi) is 3.55. The van der Waals surface area contributed by atoms with E-state index in [4.69, 9.17) is 4.74 Å². The first-order valence-corrected chi connectivity index (χ1v) is 6.48. The Morgan fingerprint density at radius 2 is 2.19 bits per heavy atom. The van der Waals surface area contributed by atoms with Crippen LogP contribution >= 0.6 is 15.9 Å². The van der Waals surface area contributed by atoms with Crippen molar-refractivity contribution in [2.24, 2.45) is 0 Å². The van der Waals surface area contributed by atoms with Crippen LogP contribution in [0.15, 0.2) is 10.5 Å². The smallest absolute Gasteiger partial charge is 0.136 e. The van der Waals surface area contributed by atoms with Gasteiger partial charge in [0.25, 0.3) is 0 Å². The van der Waals surface area contributed by atoms with Crippen LogP contribution in [0, 0.1) is 13.8 Å². The third-order valence-corrected chi connectivity index (χ3v) is 4.41. The Labute approximate surface area is 106 Å². The minimum Gasteiger partial charge on any atom is -0.495 e. The summed E-state index contributed by atoms with van der Waals surface area (Å²) in [6.07, 6.45) is 1.20. The highest BCUT2D eigenvalue weighted by molar-refractivity contribution is 9.10. The largest absolute Gasteiger partial charge is 0.495 e. The summed E-state index contributed by atoms with van der Waals surface area (Å²) in [7, 11) is 1.75.